The Morgan fingerprint density at radius 3 is 2.73 bits per heavy atom. The van der Waals surface area contributed by atoms with Crippen LogP contribution in [-0.2, 0) is 12.7 Å². The van der Waals surface area contributed by atoms with Crippen LogP contribution in [0.1, 0.15) is 55.6 Å². The van der Waals surface area contributed by atoms with Gasteiger partial charge in [-0.1, -0.05) is 0 Å². The van der Waals surface area contributed by atoms with Crippen molar-refractivity contribution < 1.29 is 28.1 Å². The number of ether oxygens (including phenoxy) is 1. The number of pyridine rings is 1. The molecule has 0 radical (unpaired) electrons. The highest BCUT2D eigenvalue weighted by Crippen LogP contribution is 2.38. The van der Waals surface area contributed by atoms with E-state index in [1.165, 1.54) is 12.1 Å². The Morgan fingerprint density at radius 2 is 2.08 bits per heavy atom. The Bertz CT molecular complexity index is 1330. The molecule has 0 aromatic carbocycles. The van der Waals surface area contributed by atoms with E-state index in [2.05, 4.69) is 27.1 Å². The molecule has 3 N–H and O–H groups in total. The molecule has 0 bridgehead atoms. The Labute approximate surface area is 230 Å². The van der Waals surface area contributed by atoms with E-state index in [1.807, 2.05) is 24.6 Å². The number of alkyl halides is 3. The summed E-state index contributed by atoms with van der Waals surface area (Å²) in [6.45, 7) is 7.99. The average molecular weight is 562 g/mol. The minimum Gasteiger partial charge on any atom is -0.488 e. The summed E-state index contributed by atoms with van der Waals surface area (Å²) in [6.07, 6.45) is 2.91. The Kier molecular flexibility index (Phi) is 9.25. The molecule has 0 saturated heterocycles. The predicted molar refractivity (Wildman–Crippen MR) is 144 cm³/mol. The minimum atomic E-state index is -4.59. The topological polar surface area (TPSA) is 123 Å². The van der Waals surface area contributed by atoms with Crippen molar-refractivity contribution in [2.45, 2.75) is 70.5 Å². The standard InChI is InChI=1S/C27H34F3N7O3/c1-4-32-24(31-3)12-22-17(2)25(18-13-34-36(14-18)15-20(39)16-38)35-37(22)19-7-9-21(10-8-19)40-23-6-5-11-33-26(23)27(28,29)30/h5-6,11-14,19-21,32,38-39H,3-4,7-10,15-16H2,1-2H3/b24-12+/t19-,20-,21+/m1/s1. The first-order chi connectivity index (χ1) is 19.1. The van der Waals surface area contributed by atoms with Crippen molar-refractivity contribution in [3.05, 3.63) is 53.5 Å². The Hall–Kier alpha value is -3.71. The van der Waals surface area contributed by atoms with E-state index in [0.717, 1.165) is 23.0 Å². The lowest BCUT2D eigenvalue weighted by molar-refractivity contribution is -0.143. The number of hydrogen-bond donors (Lipinski definition) is 3. The van der Waals surface area contributed by atoms with E-state index in [4.69, 9.17) is 14.9 Å². The van der Waals surface area contributed by atoms with Gasteiger partial charge in [-0.3, -0.25) is 9.36 Å². The predicted octanol–water partition coefficient (Wildman–Crippen LogP) is 3.99. The van der Waals surface area contributed by atoms with Crippen molar-refractivity contribution in [1.82, 2.24) is 29.9 Å². The van der Waals surface area contributed by atoms with Crippen LogP contribution in [0.2, 0.25) is 0 Å². The van der Waals surface area contributed by atoms with Crippen LogP contribution in [0.4, 0.5) is 13.2 Å². The van der Waals surface area contributed by atoms with Crippen molar-refractivity contribution in [3.8, 4) is 17.0 Å². The normalized spacial score (nSPS) is 18.9. The first kappa shape index (κ1) is 29.3. The number of nitrogens with zero attached hydrogens (tertiary/aromatic N) is 6. The van der Waals surface area contributed by atoms with Crippen molar-refractivity contribution in [1.29, 1.82) is 0 Å². The van der Waals surface area contributed by atoms with E-state index < -0.39 is 18.0 Å². The quantitative estimate of drug-likeness (QED) is 0.303. The number of aliphatic hydroxyl groups excluding tert-OH is 2. The fourth-order valence-corrected chi connectivity index (χ4v) is 4.87. The summed E-state index contributed by atoms with van der Waals surface area (Å²) in [5.41, 5.74) is 2.17. The van der Waals surface area contributed by atoms with E-state index >= 15 is 0 Å². The molecule has 13 heteroatoms. The second kappa shape index (κ2) is 12.6. The number of aliphatic hydroxyl groups is 2. The molecule has 216 valence electrons. The first-order valence-corrected chi connectivity index (χ1v) is 13.2. The SMILES string of the molecule is C=N/C(=C\c1c(C)c(-c2cnn(C[C@@H](O)CO)c2)nn1[C@H]1CC[C@@H](Oc2cccnc2C(F)(F)F)CC1)NCC. The van der Waals surface area contributed by atoms with Crippen LogP contribution in [0.5, 0.6) is 5.75 Å². The maximum Gasteiger partial charge on any atom is 0.437 e. The largest absolute Gasteiger partial charge is 0.488 e. The molecule has 1 atom stereocenters. The monoisotopic (exact) mass is 561 g/mol. The van der Waals surface area contributed by atoms with E-state index in [-0.39, 0.29) is 31.0 Å². The van der Waals surface area contributed by atoms with Gasteiger partial charge in [0.05, 0.1) is 49.0 Å². The molecule has 1 aliphatic rings. The maximum atomic E-state index is 13.4. The van der Waals surface area contributed by atoms with Crippen LogP contribution in [0.15, 0.2) is 41.5 Å². The van der Waals surface area contributed by atoms with Crippen LogP contribution in [0.25, 0.3) is 17.3 Å². The number of halogens is 3. The van der Waals surface area contributed by atoms with Gasteiger partial charge in [-0.2, -0.15) is 23.4 Å². The van der Waals surface area contributed by atoms with Crippen LogP contribution >= 0.6 is 0 Å². The number of rotatable bonds is 11. The molecule has 10 nitrogen and oxygen atoms in total. The second-order valence-electron chi connectivity index (χ2n) is 9.71. The van der Waals surface area contributed by atoms with Gasteiger partial charge in [-0.05, 0) is 58.4 Å². The van der Waals surface area contributed by atoms with Gasteiger partial charge in [0.2, 0.25) is 0 Å². The van der Waals surface area contributed by atoms with Crippen LogP contribution in [0.3, 0.4) is 0 Å². The average Bonchev–Trinajstić information content (AvgIpc) is 3.52. The smallest absolute Gasteiger partial charge is 0.437 e. The molecule has 40 heavy (non-hydrogen) atoms. The maximum absolute atomic E-state index is 13.4. The van der Waals surface area contributed by atoms with Gasteiger partial charge in [0.1, 0.15) is 5.82 Å². The zero-order chi connectivity index (χ0) is 28.9. The van der Waals surface area contributed by atoms with Gasteiger partial charge >= 0.3 is 6.18 Å². The van der Waals surface area contributed by atoms with Gasteiger partial charge in [-0.15, -0.1) is 0 Å². The summed E-state index contributed by atoms with van der Waals surface area (Å²) in [7, 11) is 0. The highest BCUT2D eigenvalue weighted by molar-refractivity contribution is 5.68. The first-order valence-electron chi connectivity index (χ1n) is 13.2. The molecular weight excluding hydrogens is 527 g/mol. The summed E-state index contributed by atoms with van der Waals surface area (Å²) < 4.78 is 49.4. The van der Waals surface area contributed by atoms with Crippen LogP contribution in [-0.4, -0.2) is 66.8 Å². The van der Waals surface area contributed by atoms with Crippen molar-refractivity contribution >= 4 is 12.8 Å². The van der Waals surface area contributed by atoms with Gasteiger partial charge in [0, 0.05) is 36.1 Å². The zero-order valence-electron chi connectivity index (χ0n) is 22.5. The summed E-state index contributed by atoms with van der Waals surface area (Å²) in [5.74, 6) is 0.336. The van der Waals surface area contributed by atoms with E-state index in [9.17, 15) is 18.3 Å². The molecule has 0 unspecified atom stereocenters. The molecule has 4 rings (SSSR count). The highest BCUT2D eigenvalue weighted by atomic mass is 19.4. The number of nitrogens with one attached hydrogen (secondary N) is 1. The highest BCUT2D eigenvalue weighted by Gasteiger charge is 2.37. The van der Waals surface area contributed by atoms with E-state index in [1.54, 1.807) is 17.1 Å². The van der Waals surface area contributed by atoms with Crippen molar-refractivity contribution in [2.24, 2.45) is 4.99 Å². The third-order valence-corrected chi connectivity index (χ3v) is 6.83. The van der Waals surface area contributed by atoms with Crippen LogP contribution in [0, 0.1) is 6.92 Å². The molecule has 0 amide bonds. The molecule has 1 saturated carbocycles. The summed E-state index contributed by atoms with van der Waals surface area (Å²) in [6, 6.07) is 2.72. The lowest BCUT2D eigenvalue weighted by Crippen LogP contribution is -2.27. The third kappa shape index (κ3) is 6.70. The lowest BCUT2D eigenvalue weighted by Gasteiger charge is -2.30. The molecule has 3 heterocycles. The third-order valence-electron chi connectivity index (χ3n) is 6.83. The van der Waals surface area contributed by atoms with Gasteiger partial charge in [-0.25, -0.2) is 9.98 Å². The lowest BCUT2D eigenvalue weighted by atomic mass is 9.92. The fourth-order valence-electron chi connectivity index (χ4n) is 4.87. The summed E-state index contributed by atoms with van der Waals surface area (Å²) >= 11 is 0. The fraction of sp³-hybridized carbons (Fsp3) is 0.481. The Balaban J connectivity index is 1.59. The number of aromatic nitrogens is 5. The van der Waals surface area contributed by atoms with Gasteiger partial charge < -0.3 is 20.3 Å². The van der Waals surface area contributed by atoms with Crippen LogP contribution < -0.4 is 10.1 Å². The molecule has 0 aliphatic heterocycles. The van der Waals surface area contributed by atoms with Crippen molar-refractivity contribution in [3.63, 3.8) is 0 Å². The minimum absolute atomic E-state index is 0.0199. The number of aliphatic imine (C=N–C) groups is 1. The van der Waals surface area contributed by atoms with E-state index in [0.29, 0.717) is 43.7 Å². The molecule has 3 aromatic heterocycles. The van der Waals surface area contributed by atoms with Gasteiger partial charge in [0.25, 0.3) is 0 Å². The number of hydrogen-bond acceptors (Lipinski definition) is 8. The Morgan fingerprint density at radius 1 is 1.32 bits per heavy atom. The molecular formula is C27H34F3N7O3. The molecule has 0 spiro atoms. The second-order valence-corrected chi connectivity index (χ2v) is 9.71. The summed E-state index contributed by atoms with van der Waals surface area (Å²) in [4.78, 5) is 7.57. The molecule has 3 aromatic rings. The van der Waals surface area contributed by atoms with Gasteiger partial charge in [0.15, 0.2) is 11.4 Å². The molecule has 1 aliphatic carbocycles. The molecule has 1 fully saturated rings. The van der Waals surface area contributed by atoms with Crippen molar-refractivity contribution in [2.75, 3.05) is 13.2 Å². The zero-order valence-corrected chi connectivity index (χ0v) is 22.5. The summed E-state index contributed by atoms with van der Waals surface area (Å²) in [5, 5.41) is 31.3.